The highest BCUT2D eigenvalue weighted by Crippen LogP contribution is 2.26. The van der Waals surface area contributed by atoms with Crippen LogP contribution in [-0.4, -0.2) is 59.3 Å². The lowest BCUT2D eigenvalue weighted by molar-refractivity contribution is -0.123. The minimum Gasteiger partial charge on any atom is -0.351 e. The van der Waals surface area contributed by atoms with Gasteiger partial charge in [-0.3, -0.25) is 14.5 Å². The quantitative estimate of drug-likeness (QED) is 0.442. The summed E-state index contributed by atoms with van der Waals surface area (Å²) in [6.07, 6.45) is 0. The summed E-state index contributed by atoms with van der Waals surface area (Å²) in [6.45, 7) is 2.62. The third-order valence-corrected chi connectivity index (χ3v) is 7.06. The number of nitrogens with zero attached hydrogens (tertiary/aromatic N) is 2. The topological polar surface area (TPSA) is 68.4 Å². The van der Waals surface area contributed by atoms with E-state index in [9.17, 15) is 14.0 Å². The van der Waals surface area contributed by atoms with Crippen LogP contribution in [0.25, 0.3) is 10.9 Å². The number of H-pyrrole nitrogens is 1. The summed E-state index contributed by atoms with van der Waals surface area (Å²) < 4.78 is 13.4. The minimum absolute atomic E-state index is 0.0191. The summed E-state index contributed by atoms with van der Waals surface area (Å²) >= 11 is 1.55. The van der Waals surface area contributed by atoms with E-state index in [0.29, 0.717) is 31.9 Å². The number of carbonyl (C=O) groups excluding carboxylic acids is 2. The maximum absolute atomic E-state index is 13.4. The third kappa shape index (κ3) is 4.88. The van der Waals surface area contributed by atoms with Crippen LogP contribution in [0, 0.1) is 5.82 Å². The molecule has 2 aromatic carbocycles. The smallest absolute Gasteiger partial charge is 0.270 e. The van der Waals surface area contributed by atoms with Gasteiger partial charge in [0.25, 0.3) is 5.91 Å². The maximum atomic E-state index is 13.4. The fourth-order valence-corrected chi connectivity index (χ4v) is 5.11. The second-order valence-corrected chi connectivity index (χ2v) is 9.39. The lowest BCUT2D eigenvalue weighted by Gasteiger charge is -2.34. The van der Waals surface area contributed by atoms with Crippen LogP contribution in [0.5, 0.6) is 0 Å². The molecule has 174 valence electrons. The fourth-order valence-electron chi connectivity index (χ4n) is 4.31. The Kier molecular flexibility index (Phi) is 6.42. The van der Waals surface area contributed by atoms with E-state index in [0.717, 1.165) is 21.3 Å². The van der Waals surface area contributed by atoms with Crippen molar-refractivity contribution in [3.05, 3.63) is 94.1 Å². The number of hydrogen-bond donors (Lipinski definition) is 2. The van der Waals surface area contributed by atoms with Crippen molar-refractivity contribution in [1.82, 2.24) is 20.1 Å². The highest BCUT2D eigenvalue weighted by atomic mass is 32.1. The minimum atomic E-state index is -0.321. The Bertz CT molecular complexity index is 1240. The second-order valence-electron chi connectivity index (χ2n) is 8.41. The van der Waals surface area contributed by atoms with Gasteiger partial charge in [0.15, 0.2) is 0 Å². The number of fused-ring (bicyclic) bond motifs is 1. The maximum Gasteiger partial charge on any atom is 0.270 e. The number of rotatable bonds is 6. The molecule has 2 amide bonds. The zero-order chi connectivity index (χ0) is 23.5. The lowest BCUT2D eigenvalue weighted by atomic mass is 10.1. The number of amides is 2. The Labute approximate surface area is 201 Å². The number of benzene rings is 2. The van der Waals surface area contributed by atoms with Crippen LogP contribution in [0.2, 0.25) is 0 Å². The number of nitrogens with one attached hydrogen (secondary N) is 2. The summed E-state index contributed by atoms with van der Waals surface area (Å²) in [5.74, 6) is -0.424. The van der Waals surface area contributed by atoms with E-state index >= 15 is 0 Å². The van der Waals surface area contributed by atoms with Crippen molar-refractivity contribution in [3.63, 3.8) is 0 Å². The molecule has 0 radical (unpaired) electrons. The van der Waals surface area contributed by atoms with Crippen LogP contribution in [0.4, 0.5) is 4.39 Å². The van der Waals surface area contributed by atoms with Gasteiger partial charge in [-0.25, -0.2) is 4.39 Å². The number of halogens is 1. The van der Waals surface area contributed by atoms with Gasteiger partial charge in [0.2, 0.25) is 5.91 Å². The molecule has 2 N–H and O–H groups in total. The van der Waals surface area contributed by atoms with Crippen molar-refractivity contribution in [2.24, 2.45) is 0 Å². The highest BCUT2D eigenvalue weighted by molar-refractivity contribution is 7.10. The van der Waals surface area contributed by atoms with E-state index in [4.69, 9.17) is 0 Å². The first-order valence-electron chi connectivity index (χ1n) is 11.2. The largest absolute Gasteiger partial charge is 0.351 e. The van der Waals surface area contributed by atoms with E-state index in [2.05, 4.69) is 15.2 Å². The Morgan fingerprint density at radius 2 is 1.76 bits per heavy atom. The van der Waals surface area contributed by atoms with Crippen molar-refractivity contribution < 1.29 is 14.0 Å². The van der Waals surface area contributed by atoms with Gasteiger partial charge in [-0.05, 0) is 41.3 Å². The average Bonchev–Trinajstić information content (AvgIpc) is 3.53. The van der Waals surface area contributed by atoms with Crippen molar-refractivity contribution in [1.29, 1.82) is 0 Å². The number of aromatic amines is 1. The summed E-state index contributed by atoms with van der Waals surface area (Å²) in [4.78, 5) is 33.9. The predicted molar refractivity (Wildman–Crippen MR) is 131 cm³/mol. The van der Waals surface area contributed by atoms with Crippen molar-refractivity contribution in [2.75, 3.05) is 32.7 Å². The van der Waals surface area contributed by atoms with E-state index in [1.165, 1.54) is 12.1 Å². The number of piperazine rings is 1. The van der Waals surface area contributed by atoms with Crippen LogP contribution in [-0.2, 0) is 4.79 Å². The summed E-state index contributed by atoms with van der Waals surface area (Å²) in [5.41, 5.74) is 2.37. The molecule has 5 rings (SSSR count). The molecule has 6 nitrogen and oxygen atoms in total. The Balaban J connectivity index is 1.18. The normalized spacial score (nSPS) is 15.4. The van der Waals surface area contributed by atoms with Gasteiger partial charge in [0, 0.05) is 42.0 Å². The molecule has 0 saturated carbocycles. The molecule has 0 spiro atoms. The molecule has 34 heavy (non-hydrogen) atoms. The number of hydrogen-bond acceptors (Lipinski definition) is 4. The van der Waals surface area contributed by atoms with Gasteiger partial charge in [-0.2, -0.15) is 0 Å². The van der Waals surface area contributed by atoms with E-state index in [-0.39, 0.29) is 30.2 Å². The molecule has 3 heterocycles. The van der Waals surface area contributed by atoms with Crippen LogP contribution in [0.15, 0.2) is 72.1 Å². The van der Waals surface area contributed by atoms with Gasteiger partial charge in [-0.15, -0.1) is 11.3 Å². The van der Waals surface area contributed by atoms with Crippen LogP contribution < -0.4 is 5.32 Å². The Morgan fingerprint density at radius 3 is 2.47 bits per heavy atom. The van der Waals surface area contributed by atoms with Crippen molar-refractivity contribution >= 4 is 34.1 Å². The van der Waals surface area contributed by atoms with E-state index < -0.39 is 0 Å². The Morgan fingerprint density at radius 1 is 1.00 bits per heavy atom. The first-order chi connectivity index (χ1) is 16.6. The van der Waals surface area contributed by atoms with Gasteiger partial charge < -0.3 is 15.2 Å². The molecular weight excluding hydrogens is 451 g/mol. The molecule has 1 saturated heterocycles. The predicted octanol–water partition coefficient (Wildman–Crippen LogP) is 4.03. The van der Waals surface area contributed by atoms with Gasteiger partial charge in [0.05, 0.1) is 12.6 Å². The molecule has 2 aromatic heterocycles. The van der Waals surface area contributed by atoms with Crippen LogP contribution in [0.1, 0.15) is 27.0 Å². The average molecular weight is 477 g/mol. The molecule has 0 bridgehead atoms. The molecule has 0 aliphatic carbocycles. The molecule has 1 aliphatic heterocycles. The van der Waals surface area contributed by atoms with Gasteiger partial charge >= 0.3 is 0 Å². The first-order valence-corrected chi connectivity index (χ1v) is 12.1. The van der Waals surface area contributed by atoms with Crippen LogP contribution >= 0.6 is 11.3 Å². The number of aromatic nitrogens is 1. The van der Waals surface area contributed by atoms with Crippen molar-refractivity contribution in [3.8, 4) is 0 Å². The number of carbonyl (C=O) groups is 2. The monoisotopic (exact) mass is 476 g/mol. The van der Waals surface area contributed by atoms with E-state index in [1.807, 2.05) is 52.7 Å². The second kappa shape index (κ2) is 9.79. The summed E-state index contributed by atoms with van der Waals surface area (Å²) in [5, 5.41) is 6.08. The zero-order valence-electron chi connectivity index (χ0n) is 18.5. The standard InChI is InChI=1S/C26H25FN4O2S/c27-20-9-7-18(8-10-20)25(23-6-3-15-34-23)29-24(32)17-30-11-13-31(14-12-30)26(33)22-16-19-4-1-2-5-21(19)28-22/h1-10,15-16,25,28H,11-14,17H2,(H,29,32). The summed E-state index contributed by atoms with van der Waals surface area (Å²) in [6, 6.07) is 19.5. The zero-order valence-corrected chi connectivity index (χ0v) is 19.4. The molecule has 8 heteroatoms. The molecule has 1 unspecified atom stereocenters. The number of para-hydroxylation sites is 1. The van der Waals surface area contributed by atoms with Crippen molar-refractivity contribution in [2.45, 2.75) is 6.04 Å². The van der Waals surface area contributed by atoms with Crippen LogP contribution in [0.3, 0.4) is 0 Å². The molecule has 1 aliphatic rings. The first kappa shape index (κ1) is 22.3. The third-order valence-electron chi connectivity index (χ3n) is 6.12. The summed E-state index contributed by atoms with van der Waals surface area (Å²) in [7, 11) is 0. The molecular formula is C26H25FN4O2S. The van der Waals surface area contributed by atoms with Gasteiger partial charge in [0.1, 0.15) is 11.5 Å². The SMILES string of the molecule is O=C(CN1CCN(C(=O)c2cc3ccccc3[nH]2)CC1)NC(c1ccc(F)cc1)c1cccs1. The fraction of sp³-hybridized carbons (Fsp3) is 0.231. The highest BCUT2D eigenvalue weighted by Gasteiger charge is 2.25. The molecule has 1 fully saturated rings. The number of thiophene rings is 1. The Hall–Kier alpha value is -3.49. The van der Waals surface area contributed by atoms with E-state index in [1.54, 1.807) is 23.5 Å². The molecule has 4 aromatic rings. The lowest BCUT2D eigenvalue weighted by Crippen LogP contribution is -2.51. The molecule has 1 atom stereocenters. The van der Waals surface area contributed by atoms with Gasteiger partial charge in [-0.1, -0.05) is 36.4 Å².